The van der Waals surface area contributed by atoms with Gasteiger partial charge >= 0.3 is 21.7 Å². The van der Waals surface area contributed by atoms with Gasteiger partial charge in [0.25, 0.3) is 5.56 Å². The Morgan fingerprint density at radius 3 is 2.43 bits per heavy atom. The molecule has 192 valence electrons. The summed E-state index contributed by atoms with van der Waals surface area (Å²) in [4.78, 5) is 32.5. The molecular formula is C21H25F3N4O6S. The van der Waals surface area contributed by atoms with Gasteiger partial charge in [0.2, 0.25) is 0 Å². The van der Waals surface area contributed by atoms with Gasteiger partial charge in [0.1, 0.15) is 17.2 Å². The summed E-state index contributed by atoms with van der Waals surface area (Å²) in [5.74, 6) is -0.150. The number of amides is 1. The normalized spacial score (nSPS) is 16.8. The first kappa shape index (κ1) is 26.3. The Morgan fingerprint density at radius 2 is 1.89 bits per heavy atom. The summed E-state index contributed by atoms with van der Waals surface area (Å²) in [7, 11) is -4.20. The molecule has 2 aromatic rings. The predicted molar refractivity (Wildman–Crippen MR) is 120 cm³/mol. The SMILES string of the molecule is CN(C(=O)OC(C)(C)C)[C@H]1CCN(c2ccc(-n3ccc(OS(=O)(=O)C(F)(F)F)cc3=O)cn2)C1. The van der Waals surface area contributed by atoms with Crippen LogP contribution in [0.25, 0.3) is 5.69 Å². The summed E-state index contributed by atoms with van der Waals surface area (Å²) in [6.07, 6.45) is 2.78. The molecule has 1 atom stereocenters. The molecule has 2 aromatic heterocycles. The Kier molecular flexibility index (Phi) is 7.07. The maximum absolute atomic E-state index is 12.5. The van der Waals surface area contributed by atoms with Crippen LogP contribution in [-0.4, -0.2) is 66.3 Å². The van der Waals surface area contributed by atoms with E-state index in [0.717, 1.165) is 16.8 Å². The highest BCUT2D eigenvalue weighted by Crippen LogP contribution is 2.27. The van der Waals surface area contributed by atoms with Gasteiger partial charge in [0.15, 0.2) is 0 Å². The van der Waals surface area contributed by atoms with E-state index in [2.05, 4.69) is 9.17 Å². The summed E-state index contributed by atoms with van der Waals surface area (Å²) in [6.45, 7) is 6.55. The van der Waals surface area contributed by atoms with E-state index in [-0.39, 0.29) is 6.04 Å². The topological polar surface area (TPSA) is 111 Å². The molecule has 0 unspecified atom stereocenters. The molecule has 3 heterocycles. The highest BCUT2D eigenvalue weighted by molar-refractivity contribution is 7.88. The standard InChI is InChI=1S/C21H25F3N4O6S/c1-20(2,3)33-19(30)26(4)15-7-9-27(13-15)17-6-5-14(12-25-17)28-10-8-16(11-18(28)29)34-35(31,32)21(22,23)24/h5-6,8,10-12,15H,7,9,13H2,1-4H3/t15-/m0/s1. The van der Waals surface area contributed by atoms with Crippen LogP contribution >= 0.6 is 0 Å². The number of ether oxygens (including phenoxy) is 1. The molecule has 1 amide bonds. The maximum Gasteiger partial charge on any atom is 0.534 e. The van der Waals surface area contributed by atoms with Crippen molar-refractivity contribution in [2.75, 3.05) is 25.0 Å². The largest absolute Gasteiger partial charge is 0.534 e. The first-order chi connectivity index (χ1) is 16.1. The van der Waals surface area contributed by atoms with E-state index < -0.39 is 38.6 Å². The zero-order chi connectivity index (χ0) is 26.2. The van der Waals surface area contributed by atoms with E-state index in [4.69, 9.17) is 4.74 Å². The molecular weight excluding hydrogens is 493 g/mol. The van der Waals surface area contributed by atoms with Crippen molar-refractivity contribution in [3.05, 3.63) is 47.0 Å². The van der Waals surface area contributed by atoms with Crippen LogP contribution in [-0.2, 0) is 14.9 Å². The molecule has 0 spiro atoms. The van der Waals surface area contributed by atoms with E-state index in [1.807, 2.05) is 4.90 Å². The van der Waals surface area contributed by atoms with Crippen LogP contribution in [0.3, 0.4) is 0 Å². The number of aromatic nitrogens is 2. The number of anilines is 1. The van der Waals surface area contributed by atoms with Gasteiger partial charge in [-0.3, -0.25) is 9.36 Å². The molecule has 14 heteroatoms. The van der Waals surface area contributed by atoms with Crippen LogP contribution in [0.2, 0.25) is 0 Å². The van der Waals surface area contributed by atoms with E-state index in [1.165, 1.54) is 6.20 Å². The average Bonchev–Trinajstić information content (AvgIpc) is 3.21. The van der Waals surface area contributed by atoms with Gasteiger partial charge in [-0.1, -0.05) is 0 Å². The number of hydrogen-bond donors (Lipinski definition) is 0. The third kappa shape index (κ3) is 6.24. The molecule has 3 rings (SSSR count). The van der Waals surface area contributed by atoms with E-state index in [1.54, 1.807) is 44.9 Å². The van der Waals surface area contributed by atoms with Gasteiger partial charge in [-0.15, -0.1) is 0 Å². The van der Waals surface area contributed by atoms with E-state index in [9.17, 15) is 31.2 Å². The molecule has 0 radical (unpaired) electrons. The summed E-state index contributed by atoms with van der Waals surface area (Å²) < 4.78 is 70.1. The number of halogens is 3. The monoisotopic (exact) mass is 518 g/mol. The molecule has 35 heavy (non-hydrogen) atoms. The van der Waals surface area contributed by atoms with E-state index >= 15 is 0 Å². The Balaban J connectivity index is 1.69. The van der Waals surface area contributed by atoms with Crippen molar-refractivity contribution in [2.45, 2.75) is 44.3 Å². The number of rotatable bonds is 5. The highest BCUT2D eigenvalue weighted by Gasteiger charge is 2.48. The fourth-order valence-corrected chi connectivity index (χ4v) is 3.81. The summed E-state index contributed by atoms with van der Waals surface area (Å²) >= 11 is 0. The number of carbonyl (C=O) groups is 1. The number of nitrogens with zero attached hydrogens (tertiary/aromatic N) is 4. The minimum Gasteiger partial charge on any atom is -0.444 e. The molecule has 10 nitrogen and oxygen atoms in total. The maximum atomic E-state index is 12.5. The smallest absolute Gasteiger partial charge is 0.444 e. The lowest BCUT2D eigenvalue weighted by Crippen LogP contribution is -2.42. The molecule has 0 saturated carbocycles. The van der Waals surface area contributed by atoms with Crippen molar-refractivity contribution in [2.24, 2.45) is 0 Å². The lowest BCUT2D eigenvalue weighted by Gasteiger charge is -2.28. The fraction of sp³-hybridized carbons (Fsp3) is 0.476. The fourth-order valence-electron chi connectivity index (χ4n) is 3.36. The number of pyridine rings is 2. The molecule has 0 aliphatic carbocycles. The average molecular weight is 519 g/mol. The van der Waals surface area contributed by atoms with Crippen LogP contribution in [0.4, 0.5) is 23.8 Å². The van der Waals surface area contributed by atoms with Crippen molar-refractivity contribution in [3.63, 3.8) is 0 Å². The summed E-state index contributed by atoms with van der Waals surface area (Å²) in [5.41, 5.74) is -6.71. The van der Waals surface area contributed by atoms with Gasteiger partial charge in [0.05, 0.1) is 17.9 Å². The number of alkyl halides is 3. The summed E-state index contributed by atoms with van der Waals surface area (Å²) in [5, 5.41) is 0. The molecule has 1 aliphatic heterocycles. The van der Waals surface area contributed by atoms with Crippen molar-refractivity contribution >= 4 is 22.0 Å². The van der Waals surface area contributed by atoms with Gasteiger partial charge in [0, 0.05) is 32.4 Å². The molecule has 1 saturated heterocycles. The van der Waals surface area contributed by atoms with Gasteiger partial charge in [-0.05, 0) is 45.4 Å². The lowest BCUT2D eigenvalue weighted by atomic mass is 10.2. The van der Waals surface area contributed by atoms with Crippen LogP contribution in [0.15, 0.2) is 41.5 Å². The second-order valence-electron chi connectivity index (χ2n) is 8.91. The zero-order valence-corrected chi connectivity index (χ0v) is 20.3. The first-order valence-corrected chi connectivity index (χ1v) is 11.9. The third-order valence-corrected chi connectivity index (χ3v) is 6.09. The Hall–Kier alpha value is -3.29. The molecule has 0 aromatic carbocycles. The van der Waals surface area contributed by atoms with Crippen LogP contribution in [0, 0.1) is 0 Å². The van der Waals surface area contributed by atoms with Crippen LogP contribution < -0.4 is 14.6 Å². The number of hydrogen-bond acceptors (Lipinski definition) is 8. The lowest BCUT2D eigenvalue weighted by molar-refractivity contribution is -0.0500. The quantitative estimate of drug-likeness (QED) is 0.439. The third-order valence-electron chi connectivity index (χ3n) is 5.11. The Labute approximate surface area is 200 Å². The Bertz CT molecular complexity index is 1240. The number of likely N-dealkylation sites (N-methyl/N-ethyl adjacent to an activating group) is 1. The molecule has 1 aliphatic rings. The minimum absolute atomic E-state index is 0.0746. The van der Waals surface area contributed by atoms with Crippen LogP contribution in [0.1, 0.15) is 27.2 Å². The zero-order valence-electron chi connectivity index (χ0n) is 19.4. The molecule has 1 fully saturated rings. The van der Waals surface area contributed by atoms with Gasteiger partial charge in [-0.2, -0.15) is 21.6 Å². The van der Waals surface area contributed by atoms with Gasteiger partial charge in [-0.25, -0.2) is 9.78 Å². The van der Waals surface area contributed by atoms with Crippen molar-refractivity contribution in [3.8, 4) is 11.4 Å². The van der Waals surface area contributed by atoms with Crippen molar-refractivity contribution in [1.29, 1.82) is 0 Å². The van der Waals surface area contributed by atoms with Crippen molar-refractivity contribution < 1.29 is 35.3 Å². The van der Waals surface area contributed by atoms with Crippen LogP contribution in [0.5, 0.6) is 5.75 Å². The summed E-state index contributed by atoms with van der Waals surface area (Å²) in [6, 6.07) is 4.73. The van der Waals surface area contributed by atoms with Crippen molar-refractivity contribution in [1.82, 2.24) is 14.5 Å². The second kappa shape index (κ2) is 9.40. The predicted octanol–water partition coefficient (Wildman–Crippen LogP) is 2.91. The Morgan fingerprint density at radius 1 is 1.20 bits per heavy atom. The molecule has 0 N–H and O–H groups in total. The highest BCUT2D eigenvalue weighted by atomic mass is 32.2. The number of carbonyl (C=O) groups excluding carboxylic acids is 1. The first-order valence-electron chi connectivity index (χ1n) is 10.5. The van der Waals surface area contributed by atoms with E-state index in [0.29, 0.717) is 37.1 Å². The minimum atomic E-state index is -5.88. The van der Waals surface area contributed by atoms with Gasteiger partial charge < -0.3 is 18.7 Å². The second-order valence-corrected chi connectivity index (χ2v) is 10.4. The molecule has 0 bridgehead atoms.